The van der Waals surface area contributed by atoms with Gasteiger partial charge in [0.1, 0.15) is 5.75 Å². The predicted octanol–water partition coefficient (Wildman–Crippen LogP) is 6.34. The fourth-order valence-corrected chi connectivity index (χ4v) is 8.87. The lowest BCUT2D eigenvalue weighted by molar-refractivity contribution is 0.512. The van der Waals surface area contributed by atoms with Crippen LogP contribution >= 0.6 is 0 Å². The maximum atomic E-state index is 7.33. The van der Waals surface area contributed by atoms with Crippen molar-refractivity contribution in [1.29, 1.82) is 0 Å². The van der Waals surface area contributed by atoms with Crippen LogP contribution < -0.4 is 14.8 Å². The van der Waals surface area contributed by atoms with E-state index in [1.54, 1.807) is 0 Å². The predicted molar refractivity (Wildman–Crippen MR) is 132 cm³/mol. The Morgan fingerprint density at radius 2 is 1.23 bits per heavy atom. The van der Waals surface area contributed by atoms with Crippen molar-refractivity contribution in [1.82, 2.24) is 0 Å². The molecule has 0 aliphatic heterocycles. The number of hydrogen-bond donors (Lipinski definition) is 0. The molecule has 0 aromatic heterocycles. The van der Waals surface area contributed by atoms with Crippen LogP contribution in [-0.4, -0.2) is 8.32 Å². The minimum Gasteiger partial charge on any atom is -0.534 e. The van der Waals surface area contributed by atoms with E-state index in [0.29, 0.717) is 0 Å². The van der Waals surface area contributed by atoms with Gasteiger partial charge in [-0.2, -0.15) is 0 Å². The summed E-state index contributed by atoms with van der Waals surface area (Å²) in [4.78, 5) is 0. The van der Waals surface area contributed by atoms with Gasteiger partial charge in [0.2, 0.25) is 0 Å². The molecule has 0 amide bonds. The highest BCUT2D eigenvalue weighted by Gasteiger charge is 2.52. The summed E-state index contributed by atoms with van der Waals surface area (Å²) in [5.74, 6) is 0.999. The summed E-state index contributed by atoms with van der Waals surface area (Å²) in [7, 11) is -2.64. The molecule has 0 bridgehead atoms. The summed E-state index contributed by atoms with van der Waals surface area (Å²) in [6, 6.07) is 34.8. The van der Waals surface area contributed by atoms with Crippen molar-refractivity contribution in [3.05, 3.63) is 103 Å². The fraction of sp³-hybridized carbons (Fsp3) is 0.214. The second kappa shape index (κ2) is 8.12. The molecule has 0 unspecified atom stereocenters. The van der Waals surface area contributed by atoms with Gasteiger partial charge in [-0.15, -0.1) is 0 Å². The van der Waals surface area contributed by atoms with E-state index in [4.69, 9.17) is 4.43 Å². The van der Waals surface area contributed by atoms with E-state index in [0.717, 1.165) is 12.2 Å². The topological polar surface area (TPSA) is 9.23 Å². The van der Waals surface area contributed by atoms with Crippen LogP contribution in [0.15, 0.2) is 97.1 Å². The van der Waals surface area contributed by atoms with Crippen molar-refractivity contribution in [2.45, 2.75) is 39.2 Å². The lowest BCUT2D eigenvalue weighted by atomic mass is 10.0. The number of aryl methyl sites for hydroxylation is 1. The van der Waals surface area contributed by atoms with E-state index < -0.39 is 8.32 Å². The zero-order valence-corrected chi connectivity index (χ0v) is 19.4. The van der Waals surface area contributed by atoms with Crippen molar-refractivity contribution in [3.63, 3.8) is 0 Å². The van der Waals surface area contributed by atoms with Crippen LogP contribution in [0, 0.1) is 0 Å². The van der Waals surface area contributed by atoms with Gasteiger partial charge in [0, 0.05) is 5.39 Å². The Morgan fingerprint density at radius 1 is 0.700 bits per heavy atom. The summed E-state index contributed by atoms with van der Waals surface area (Å²) >= 11 is 0. The van der Waals surface area contributed by atoms with E-state index in [1.807, 2.05) is 0 Å². The molecule has 4 aromatic carbocycles. The van der Waals surface area contributed by atoms with Crippen molar-refractivity contribution in [2.24, 2.45) is 0 Å². The van der Waals surface area contributed by atoms with Crippen LogP contribution in [0.25, 0.3) is 10.8 Å². The zero-order chi connectivity index (χ0) is 21.2. The second-order valence-corrected chi connectivity index (χ2v) is 13.2. The average molecular weight is 411 g/mol. The fourth-order valence-electron chi connectivity index (χ4n) is 4.44. The average Bonchev–Trinajstić information content (AvgIpc) is 2.77. The minimum atomic E-state index is -2.64. The maximum absolute atomic E-state index is 7.33. The lowest BCUT2D eigenvalue weighted by Crippen LogP contribution is -2.68. The first-order chi connectivity index (χ1) is 14.5. The van der Waals surface area contributed by atoms with Crippen LogP contribution in [0.2, 0.25) is 5.04 Å². The van der Waals surface area contributed by atoms with Crippen molar-refractivity contribution in [2.75, 3.05) is 0 Å². The van der Waals surface area contributed by atoms with Crippen LogP contribution in [0.4, 0.5) is 0 Å². The molecule has 0 atom stereocenters. The molecule has 2 heteroatoms. The molecule has 0 heterocycles. The highest BCUT2D eigenvalue weighted by atomic mass is 28.4. The Bertz CT molecular complexity index is 1090. The maximum Gasteiger partial charge on any atom is 0.319 e. The van der Waals surface area contributed by atoms with Gasteiger partial charge in [-0.3, -0.25) is 0 Å². The Labute approximate surface area is 181 Å². The van der Waals surface area contributed by atoms with E-state index in [2.05, 4.69) is 125 Å². The van der Waals surface area contributed by atoms with Gasteiger partial charge in [0.05, 0.1) is 0 Å². The Balaban J connectivity index is 2.02. The number of benzene rings is 4. The summed E-state index contributed by atoms with van der Waals surface area (Å²) in [6.45, 7) is 9.18. The minimum absolute atomic E-state index is 0.0565. The van der Waals surface area contributed by atoms with Crippen molar-refractivity contribution >= 4 is 29.5 Å². The molecule has 1 nitrogen and oxygen atoms in total. The number of hydrogen-bond acceptors (Lipinski definition) is 1. The Morgan fingerprint density at radius 3 is 1.77 bits per heavy atom. The third kappa shape index (κ3) is 3.57. The smallest absolute Gasteiger partial charge is 0.319 e. The first kappa shape index (κ1) is 20.4. The van der Waals surface area contributed by atoms with Gasteiger partial charge in [0.15, 0.2) is 0 Å². The molecule has 0 spiro atoms. The molecule has 0 aliphatic carbocycles. The number of rotatable bonds is 5. The summed E-state index contributed by atoms with van der Waals surface area (Å²) in [5, 5.41) is 4.97. The quantitative estimate of drug-likeness (QED) is 0.349. The molecule has 0 fully saturated rings. The first-order valence-corrected chi connectivity index (χ1v) is 12.7. The van der Waals surface area contributed by atoms with Gasteiger partial charge in [-0.1, -0.05) is 119 Å². The van der Waals surface area contributed by atoms with Crippen LogP contribution in [0.1, 0.15) is 33.3 Å². The lowest BCUT2D eigenvalue weighted by Gasteiger charge is -2.43. The molecule has 0 N–H and O–H groups in total. The summed E-state index contributed by atoms with van der Waals surface area (Å²) in [5.41, 5.74) is 1.31. The highest BCUT2D eigenvalue weighted by Crippen LogP contribution is 2.39. The molecule has 152 valence electrons. The molecular weight excluding hydrogens is 380 g/mol. The third-order valence-corrected chi connectivity index (χ3v) is 10.9. The molecule has 4 aromatic rings. The van der Waals surface area contributed by atoms with E-state index in [1.165, 1.54) is 26.7 Å². The number of fused-ring (bicyclic) bond motifs is 1. The standard InChI is InChI=1S/C28H30OSi/c1-5-22-20-23-14-12-13-19-26(23)27(21-22)29-30(28(2,3)4,24-15-8-6-9-16-24)25-17-10-7-11-18-25/h6-21H,5H2,1-4H3. The summed E-state index contributed by atoms with van der Waals surface area (Å²) in [6.07, 6.45) is 0.988. The Hall–Kier alpha value is -2.84. The van der Waals surface area contributed by atoms with Crippen molar-refractivity contribution < 1.29 is 4.43 Å². The molecule has 30 heavy (non-hydrogen) atoms. The SMILES string of the molecule is CCc1cc(O[Si](c2ccccc2)(c2ccccc2)C(C)(C)C)c2ccccc2c1. The zero-order valence-electron chi connectivity index (χ0n) is 18.4. The summed E-state index contributed by atoms with van der Waals surface area (Å²) < 4.78 is 7.33. The highest BCUT2D eigenvalue weighted by molar-refractivity contribution is 7.00. The van der Waals surface area contributed by atoms with E-state index >= 15 is 0 Å². The van der Waals surface area contributed by atoms with E-state index in [9.17, 15) is 0 Å². The normalized spacial score (nSPS) is 12.1. The Kier molecular flexibility index (Phi) is 5.53. The third-order valence-electron chi connectivity index (χ3n) is 5.97. The van der Waals surface area contributed by atoms with Gasteiger partial charge in [0.25, 0.3) is 0 Å². The molecule has 4 rings (SSSR count). The first-order valence-electron chi connectivity index (χ1n) is 10.8. The molecule has 0 aliphatic rings. The van der Waals surface area contributed by atoms with Gasteiger partial charge < -0.3 is 4.43 Å². The second-order valence-electron chi connectivity index (χ2n) is 8.93. The van der Waals surface area contributed by atoms with Crippen LogP contribution in [0.5, 0.6) is 5.75 Å². The molecular formula is C28H30OSi. The van der Waals surface area contributed by atoms with Gasteiger partial charge in [-0.25, -0.2) is 0 Å². The van der Waals surface area contributed by atoms with Gasteiger partial charge >= 0.3 is 8.32 Å². The van der Waals surface area contributed by atoms with Gasteiger partial charge in [-0.05, 0) is 38.8 Å². The largest absolute Gasteiger partial charge is 0.534 e. The van der Waals surface area contributed by atoms with Crippen molar-refractivity contribution in [3.8, 4) is 5.75 Å². The van der Waals surface area contributed by atoms with Crippen LogP contribution in [0.3, 0.4) is 0 Å². The van der Waals surface area contributed by atoms with Crippen LogP contribution in [-0.2, 0) is 6.42 Å². The molecule has 0 saturated heterocycles. The molecule has 0 radical (unpaired) electrons. The van der Waals surface area contributed by atoms with E-state index in [-0.39, 0.29) is 5.04 Å². The monoisotopic (exact) mass is 410 g/mol. The molecule has 0 saturated carbocycles.